The van der Waals surface area contributed by atoms with Crippen LogP contribution in [0.5, 0.6) is 0 Å². The van der Waals surface area contributed by atoms with Crippen LogP contribution in [0.25, 0.3) is 11.1 Å². The Morgan fingerprint density at radius 3 is 2.30 bits per heavy atom. The summed E-state index contributed by atoms with van der Waals surface area (Å²) < 4.78 is 0. The van der Waals surface area contributed by atoms with Gasteiger partial charge in [0.15, 0.2) is 0 Å². The molecule has 30 heavy (non-hydrogen) atoms. The number of carboxylic acid groups (broad SMARTS) is 1. The Morgan fingerprint density at radius 2 is 1.73 bits per heavy atom. The predicted molar refractivity (Wildman–Crippen MR) is 121 cm³/mol. The zero-order valence-corrected chi connectivity index (χ0v) is 18.2. The van der Waals surface area contributed by atoms with Crippen molar-refractivity contribution in [2.24, 2.45) is 5.92 Å². The van der Waals surface area contributed by atoms with Crippen molar-refractivity contribution in [2.45, 2.75) is 52.6 Å². The Labute approximate surface area is 179 Å². The molecule has 2 aromatic rings. The number of aliphatic carboxylic acids is 1. The van der Waals surface area contributed by atoms with Gasteiger partial charge in [-0.3, -0.25) is 9.59 Å². The summed E-state index contributed by atoms with van der Waals surface area (Å²) in [5.41, 5.74) is 5.21. The largest absolute Gasteiger partial charge is 0.481 e. The summed E-state index contributed by atoms with van der Waals surface area (Å²) in [7, 11) is 0. The van der Waals surface area contributed by atoms with Crippen molar-refractivity contribution in [2.75, 3.05) is 0 Å². The van der Waals surface area contributed by atoms with E-state index < -0.39 is 18.1 Å². The summed E-state index contributed by atoms with van der Waals surface area (Å²) in [6, 6.07) is 12.8. The van der Waals surface area contributed by atoms with Crippen molar-refractivity contribution in [1.29, 1.82) is 0 Å². The van der Waals surface area contributed by atoms with Crippen molar-refractivity contribution >= 4 is 11.9 Å². The summed E-state index contributed by atoms with van der Waals surface area (Å²) in [4.78, 5) is 24.4. The number of amides is 1. The van der Waals surface area contributed by atoms with E-state index in [-0.39, 0.29) is 12.3 Å². The molecule has 5 heteroatoms. The van der Waals surface area contributed by atoms with Crippen LogP contribution in [0.1, 0.15) is 49.4 Å². The smallest absolute Gasteiger partial charge is 0.305 e. The zero-order valence-electron chi connectivity index (χ0n) is 18.2. The predicted octanol–water partition coefficient (Wildman–Crippen LogP) is 4.75. The van der Waals surface area contributed by atoms with E-state index in [4.69, 9.17) is 0 Å². The molecule has 2 atom stereocenters. The first kappa shape index (κ1) is 23.2. The molecule has 0 aliphatic heterocycles. The fourth-order valence-electron chi connectivity index (χ4n) is 3.74. The highest BCUT2D eigenvalue weighted by Crippen LogP contribution is 2.30. The molecule has 160 valence electrons. The first-order chi connectivity index (χ1) is 14.2. The number of hydrogen-bond acceptors (Lipinski definition) is 3. The number of carbonyl (C=O) groups is 2. The van der Waals surface area contributed by atoms with Gasteiger partial charge in [0.2, 0.25) is 5.91 Å². The molecule has 0 aromatic heterocycles. The maximum atomic E-state index is 12.9. The molecule has 0 aliphatic rings. The minimum absolute atomic E-state index is 0.190. The van der Waals surface area contributed by atoms with Gasteiger partial charge in [-0.2, -0.15) is 0 Å². The molecule has 5 nitrogen and oxygen atoms in total. The Hall–Kier alpha value is -3.08. The number of carbonyl (C=O) groups excluding carboxylic acids is 1. The monoisotopic (exact) mass is 408 g/mol. The molecule has 1 amide bonds. The molecule has 0 fully saturated rings. The Kier molecular flexibility index (Phi) is 8.22. The molecular weight excluding hydrogens is 376 g/mol. The lowest BCUT2D eigenvalue weighted by molar-refractivity contribution is -0.137. The fourth-order valence-corrected chi connectivity index (χ4v) is 3.74. The van der Waals surface area contributed by atoms with Gasteiger partial charge in [-0.05, 0) is 66.3 Å². The van der Waals surface area contributed by atoms with E-state index in [2.05, 4.69) is 43.2 Å². The summed E-state index contributed by atoms with van der Waals surface area (Å²) >= 11 is 0. The molecular formula is C25H32N2O3. The number of rotatable bonds is 10. The van der Waals surface area contributed by atoms with Gasteiger partial charge in [0.1, 0.15) is 6.04 Å². The number of nitrogens with one attached hydrogen (secondary N) is 2. The SMILES string of the molecule is C=CNC(CC(C)C)C(=O)N[C@@H](CC(=O)O)c1cccc(-c2c(C)cccc2C)c1. The van der Waals surface area contributed by atoms with Crippen LogP contribution in [0.4, 0.5) is 0 Å². The molecule has 0 bridgehead atoms. The van der Waals surface area contributed by atoms with Gasteiger partial charge in [-0.15, -0.1) is 0 Å². The molecule has 2 rings (SSSR count). The fraction of sp³-hybridized carbons (Fsp3) is 0.360. The molecule has 1 unspecified atom stereocenters. The van der Waals surface area contributed by atoms with Crippen molar-refractivity contribution in [1.82, 2.24) is 10.6 Å². The summed E-state index contributed by atoms with van der Waals surface area (Å²) in [6.45, 7) is 11.8. The van der Waals surface area contributed by atoms with Gasteiger partial charge in [0, 0.05) is 0 Å². The number of aryl methyl sites for hydroxylation is 2. The average molecular weight is 409 g/mol. The van der Waals surface area contributed by atoms with Crippen molar-refractivity contribution < 1.29 is 14.7 Å². The van der Waals surface area contributed by atoms with Gasteiger partial charge < -0.3 is 15.7 Å². The van der Waals surface area contributed by atoms with Gasteiger partial charge in [-0.25, -0.2) is 0 Å². The van der Waals surface area contributed by atoms with E-state index >= 15 is 0 Å². The highest BCUT2D eigenvalue weighted by molar-refractivity contribution is 5.83. The molecule has 2 aromatic carbocycles. The van der Waals surface area contributed by atoms with Gasteiger partial charge in [0.05, 0.1) is 12.5 Å². The standard InChI is InChI=1S/C25H32N2O3/c1-6-26-22(13-16(2)3)25(30)27-21(15-23(28)29)19-11-8-12-20(14-19)24-17(4)9-7-10-18(24)5/h6-12,14,16,21-22,26H,1,13,15H2,2-5H3,(H,27,30)(H,28,29)/t21-,22?/m0/s1. The highest BCUT2D eigenvalue weighted by atomic mass is 16.4. The Balaban J connectivity index is 2.36. The van der Waals surface area contributed by atoms with Crippen LogP contribution in [0.3, 0.4) is 0 Å². The van der Waals surface area contributed by atoms with Crippen LogP contribution in [-0.2, 0) is 9.59 Å². The summed E-state index contributed by atoms with van der Waals surface area (Å²) in [6.07, 6.45) is 1.94. The lowest BCUT2D eigenvalue weighted by Gasteiger charge is -2.24. The zero-order chi connectivity index (χ0) is 22.3. The molecule has 0 saturated heterocycles. The van der Waals surface area contributed by atoms with Gasteiger partial charge >= 0.3 is 5.97 Å². The molecule has 0 heterocycles. The van der Waals surface area contributed by atoms with Crippen LogP contribution in [0.15, 0.2) is 55.2 Å². The molecule has 0 radical (unpaired) electrons. The van der Waals surface area contributed by atoms with Crippen molar-refractivity contribution in [3.63, 3.8) is 0 Å². The quantitative estimate of drug-likeness (QED) is 0.530. The van der Waals surface area contributed by atoms with Crippen LogP contribution in [0.2, 0.25) is 0 Å². The van der Waals surface area contributed by atoms with Crippen LogP contribution >= 0.6 is 0 Å². The van der Waals surface area contributed by atoms with E-state index in [1.807, 2.05) is 44.2 Å². The third-order valence-electron chi connectivity index (χ3n) is 5.10. The lowest BCUT2D eigenvalue weighted by Crippen LogP contribution is -2.44. The van der Waals surface area contributed by atoms with E-state index in [1.54, 1.807) is 0 Å². The topological polar surface area (TPSA) is 78.4 Å². The molecule has 0 aliphatic carbocycles. The molecule has 3 N–H and O–H groups in total. The van der Waals surface area contributed by atoms with Crippen molar-refractivity contribution in [3.8, 4) is 11.1 Å². The second kappa shape index (κ2) is 10.6. The van der Waals surface area contributed by atoms with E-state index in [0.717, 1.165) is 27.8 Å². The first-order valence-electron chi connectivity index (χ1n) is 10.3. The van der Waals surface area contributed by atoms with Crippen molar-refractivity contribution in [3.05, 3.63) is 71.9 Å². The van der Waals surface area contributed by atoms with Crippen LogP contribution in [0, 0.1) is 19.8 Å². The first-order valence-corrected chi connectivity index (χ1v) is 10.3. The Bertz CT molecular complexity index is 885. The minimum Gasteiger partial charge on any atom is -0.481 e. The number of carboxylic acids is 1. The molecule has 0 saturated carbocycles. The average Bonchev–Trinajstić information content (AvgIpc) is 2.66. The van der Waals surface area contributed by atoms with E-state index in [9.17, 15) is 14.7 Å². The van der Waals surface area contributed by atoms with E-state index in [1.165, 1.54) is 6.20 Å². The Morgan fingerprint density at radius 1 is 1.10 bits per heavy atom. The second-order valence-corrected chi connectivity index (χ2v) is 8.10. The molecule has 0 spiro atoms. The maximum Gasteiger partial charge on any atom is 0.305 e. The third kappa shape index (κ3) is 6.21. The summed E-state index contributed by atoms with van der Waals surface area (Å²) in [5.74, 6) is -0.888. The van der Waals surface area contributed by atoms with Crippen LogP contribution in [-0.4, -0.2) is 23.0 Å². The normalized spacial score (nSPS) is 12.8. The maximum absolute atomic E-state index is 12.9. The minimum atomic E-state index is -0.963. The number of benzene rings is 2. The van der Waals surface area contributed by atoms with Gasteiger partial charge in [0.25, 0.3) is 0 Å². The highest BCUT2D eigenvalue weighted by Gasteiger charge is 2.24. The summed E-state index contributed by atoms with van der Waals surface area (Å²) in [5, 5.41) is 15.4. The van der Waals surface area contributed by atoms with Crippen LogP contribution < -0.4 is 10.6 Å². The lowest BCUT2D eigenvalue weighted by atomic mass is 9.92. The number of hydrogen-bond donors (Lipinski definition) is 3. The second-order valence-electron chi connectivity index (χ2n) is 8.10. The van der Waals surface area contributed by atoms with E-state index in [0.29, 0.717) is 12.3 Å². The van der Waals surface area contributed by atoms with Gasteiger partial charge in [-0.1, -0.05) is 56.8 Å². The third-order valence-corrected chi connectivity index (χ3v) is 5.10.